The lowest BCUT2D eigenvalue weighted by molar-refractivity contribution is 0.719. The van der Waals surface area contributed by atoms with Crippen LogP contribution in [0.4, 0.5) is 11.8 Å². The highest BCUT2D eigenvalue weighted by atomic mass is 15.3. The van der Waals surface area contributed by atoms with E-state index in [2.05, 4.69) is 40.6 Å². The molecular formula is C14H24N4. The first-order valence-corrected chi connectivity index (χ1v) is 6.66. The van der Waals surface area contributed by atoms with Crippen molar-refractivity contribution in [3.8, 4) is 0 Å². The van der Waals surface area contributed by atoms with Crippen LogP contribution >= 0.6 is 0 Å². The van der Waals surface area contributed by atoms with Crippen LogP contribution in [0.1, 0.15) is 32.4 Å². The number of hydrogen-bond acceptors (Lipinski definition) is 4. The molecule has 1 N–H and O–H groups in total. The van der Waals surface area contributed by atoms with Crippen molar-refractivity contribution in [1.82, 2.24) is 9.97 Å². The van der Waals surface area contributed by atoms with Crippen LogP contribution < -0.4 is 10.2 Å². The molecule has 0 saturated carbocycles. The summed E-state index contributed by atoms with van der Waals surface area (Å²) in [4.78, 5) is 11.3. The molecule has 1 rings (SSSR count). The topological polar surface area (TPSA) is 41.1 Å². The van der Waals surface area contributed by atoms with Crippen LogP contribution in [0.15, 0.2) is 18.7 Å². The molecule has 0 fully saturated rings. The van der Waals surface area contributed by atoms with Gasteiger partial charge in [0, 0.05) is 31.4 Å². The van der Waals surface area contributed by atoms with Gasteiger partial charge in [-0.05, 0) is 19.8 Å². The van der Waals surface area contributed by atoms with Crippen LogP contribution in [0.25, 0.3) is 0 Å². The van der Waals surface area contributed by atoms with E-state index < -0.39 is 0 Å². The number of aromatic nitrogens is 2. The van der Waals surface area contributed by atoms with Crippen molar-refractivity contribution in [2.24, 2.45) is 0 Å². The molecule has 1 aromatic rings. The van der Waals surface area contributed by atoms with E-state index in [0.29, 0.717) is 0 Å². The number of nitrogens with one attached hydrogen (secondary N) is 1. The van der Waals surface area contributed by atoms with Crippen molar-refractivity contribution in [3.05, 3.63) is 24.4 Å². The third kappa shape index (κ3) is 4.35. The maximum Gasteiger partial charge on any atom is 0.227 e. The minimum atomic E-state index is 0.720. The van der Waals surface area contributed by atoms with Crippen LogP contribution in [-0.2, 0) is 0 Å². The molecule has 0 spiro atoms. The van der Waals surface area contributed by atoms with Gasteiger partial charge in [0.25, 0.3) is 0 Å². The predicted octanol–water partition coefficient (Wildman–Crippen LogP) is 3.01. The summed E-state index contributed by atoms with van der Waals surface area (Å²) in [6.07, 6.45) is 4.03. The molecule has 100 valence electrons. The number of nitrogens with zero attached hydrogens (tertiary/aromatic N) is 3. The van der Waals surface area contributed by atoms with E-state index in [0.717, 1.165) is 49.9 Å². The molecule has 18 heavy (non-hydrogen) atoms. The molecule has 1 aromatic heterocycles. The minimum absolute atomic E-state index is 0.720. The zero-order valence-electron chi connectivity index (χ0n) is 11.7. The molecule has 0 aliphatic rings. The lowest BCUT2D eigenvalue weighted by atomic mass is 10.3. The van der Waals surface area contributed by atoms with Crippen LogP contribution in [0.3, 0.4) is 0 Å². The molecule has 0 radical (unpaired) electrons. The van der Waals surface area contributed by atoms with Crippen molar-refractivity contribution >= 4 is 11.8 Å². The van der Waals surface area contributed by atoms with E-state index in [1.54, 1.807) is 0 Å². The molecule has 0 aliphatic heterocycles. The van der Waals surface area contributed by atoms with Crippen molar-refractivity contribution in [2.75, 3.05) is 29.9 Å². The standard InChI is InChI=1S/C14H24N4/c1-5-8-15-13-11-12(4)16-14(17-13)18(9-6-2)10-7-3/h5,11H,1,6-10H2,2-4H3,(H,15,16,17). The summed E-state index contributed by atoms with van der Waals surface area (Å²) in [6.45, 7) is 12.8. The van der Waals surface area contributed by atoms with Gasteiger partial charge in [0.2, 0.25) is 5.95 Å². The van der Waals surface area contributed by atoms with Gasteiger partial charge in [0.1, 0.15) is 5.82 Å². The Balaban J connectivity index is 2.90. The summed E-state index contributed by atoms with van der Waals surface area (Å²) in [6, 6.07) is 1.96. The Morgan fingerprint density at radius 2 is 1.94 bits per heavy atom. The Morgan fingerprint density at radius 3 is 2.50 bits per heavy atom. The SMILES string of the molecule is C=CCNc1cc(C)nc(N(CCC)CCC)n1. The summed E-state index contributed by atoms with van der Waals surface area (Å²) in [5.41, 5.74) is 0.990. The van der Waals surface area contributed by atoms with Crippen molar-refractivity contribution in [3.63, 3.8) is 0 Å². The van der Waals surface area contributed by atoms with Crippen LogP contribution in [0, 0.1) is 6.92 Å². The van der Waals surface area contributed by atoms with Crippen molar-refractivity contribution < 1.29 is 0 Å². The Kier molecular flexibility index (Phi) is 6.19. The van der Waals surface area contributed by atoms with Crippen molar-refractivity contribution in [1.29, 1.82) is 0 Å². The zero-order chi connectivity index (χ0) is 13.4. The van der Waals surface area contributed by atoms with Gasteiger partial charge in [0.15, 0.2) is 0 Å². The average molecular weight is 248 g/mol. The normalized spacial score (nSPS) is 10.2. The van der Waals surface area contributed by atoms with E-state index in [1.807, 2.05) is 19.1 Å². The zero-order valence-corrected chi connectivity index (χ0v) is 11.7. The molecule has 0 bridgehead atoms. The molecule has 0 unspecified atom stereocenters. The molecule has 0 saturated heterocycles. The van der Waals surface area contributed by atoms with Gasteiger partial charge < -0.3 is 10.2 Å². The van der Waals surface area contributed by atoms with E-state index in [9.17, 15) is 0 Å². The van der Waals surface area contributed by atoms with Gasteiger partial charge in [-0.15, -0.1) is 6.58 Å². The quantitative estimate of drug-likeness (QED) is 0.718. The maximum absolute atomic E-state index is 4.56. The fourth-order valence-corrected chi connectivity index (χ4v) is 1.81. The van der Waals surface area contributed by atoms with E-state index >= 15 is 0 Å². The number of anilines is 2. The number of hydrogen-bond donors (Lipinski definition) is 1. The number of rotatable bonds is 8. The lowest BCUT2D eigenvalue weighted by Gasteiger charge is -2.22. The second kappa shape index (κ2) is 7.69. The largest absolute Gasteiger partial charge is 0.366 e. The van der Waals surface area contributed by atoms with Crippen molar-refractivity contribution in [2.45, 2.75) is 33.6 Å². The summed E-state index contributed by atoms with van der Waals surface area (Å²) < 4.78 is 0. The Morgan fingerprint density at radius 1 is 1.28 bits per heavy atom. The lowest BCUT2D eigenvalue weighted by Crippen LogP contribution is -2.27. The molecule has 1 heterocycles. The predicted molar refractivity (Wildman–Crippen MR) is 78.3 cm³/mol. The Hall–Kier alpha value is -1.58. The highest BCUT2D eigenvalue weighted by Gasteiger charge is 2.09. The fraction of sp³-hybridized carbons (Fsp3) is 0.571. The summed E-state index contributed by atoms with van der Waals surface area (Å²) in [5, 5.41) is 3.22. The first-order valence-electron chi connectivity index (χ1n) is 6.66. The summed E-state index contributed by atoms with van der Waals surface area (Å²) in [7, 11) is 0. The van der Waals surface area contributed by atoms with Crippen LogP contribution in [-0.4, -0.2) is 29.6 Å². The van der Waals surface area contributed by atoms with E-state index in [-0.39, 0.29) is 0 Å². The average Bonchev–Trinajstić information content (AvgIpc) is 2.35. The summed E-state index contributed by atoms with van der Waals surface area (Å²) >= 11 is 0. The Labute approximate surface area is 110 Å². The molecule has 0 aliphatic carbocycles. The molecule has 4 heteroatoms. The second-order valence-electron chi connectivity index (χ2n) is 4.35. The molecule has 0 amide bonds. The number of aryl methyl sites for hydroxylation is 1. The Bertz CT molecular complexity index is 370. The van der Waals surface area contributed by atoms with Crippen LogP contribution in [0.5, 0.6) is 0 Å². The fourth-order valence-electron chi connectivity index (χ4n) is 1.81. The molecular weight excluding hydrogens is 224 g/mol. The van der Waals surface area contributed by atoms with Gasteiger partial charge in [0.05, 0.1) is 0 Å². The molecule has 0 aromatic carbocycles. The third-order valence-corrected chi connectivity index (χ3v) is 2.54. The first kappa shape index (κ1) is 14.5. The van der Waals surface area contributed by atoms with Gasteiger partial charge in [-0.3, -0.25) is 0 Å². The van der Waals surface area contributed by atoms with Gasteiger partial charge in [-0.2, -0.15) is 4.98 Å². The summed E-state index contributed by atoms with van der Waals surface area (Å²) in [5.74, 6) is 1.69. The van der Waals surface area contributed by atoms with Gasteiger partial charge in [-0.1, -0.05) is 19.9 Å². The molecule has 0 atom stereocenters. The third-order valence-electron chi connectivity index (χ3n) is 2.54. The van der Waals surface area contributed by atoms with E-state index in [4.69, 9.17) is 0 Å². The minimum Gasteiger partial charge on any atom is -0.366 e. The smallest absolute Gasteiger partial charge is 0.227 e. The van der Waals surface area contributed by atoms with E-state index in [1.165, 1.54) is 0 Å². The monoisotopic (exact) mass is 248 g/mol. The van der Waals surface area contributed by atoms with Crippen LogP contribution in [0.2, 0.25) is 0 Å². The second-order valence-corrected chi connectivity index (χ2v) is 4.35. The highest BCUT2D eigenvalue weighted by Crippen LogP contribution is 2.14. The van der Waals surface area contributed by atoms with Gasteiger partial charge >= 0.3 is 0 Å². The molecule has 4 nitrogen and oxygen atoms in total. The maximum atomic E-state index is 4.56. The first-order chi connectivity index (χ1) is 8.71. The van der Waals surface area contributed by atoms with Gasteiger partial charge in [-0.25, -0.2) is 4.98 Å². The highest BCUT2D eigenvalue weighted by molar-refractivity contribution is 5.43.